The quantitative estimate of drug-likeness (QED) is 0.814. The Labute approximate surface area is 132 Å². The van der Waals surface area contributed by atoms with Gasteiger partial charge in [0.05, 0.1) is 8.68 Å². The molecule has 1 aromatic heterocycles. The maximum atomic E-state index is 11.5. The monoisotopic (exact) mass is 424 g/mol. The van der Waals surface area contributed by atoms with Gasteiger partial charge >= 0.3 is 0 Å². The molecule has 1 atom stereocenters. The van der Waals surface area contributed by atoms with E-state index in [1.165, 1.54) is 23.5 Å². The lowest BCUT2D eigenvalue weighted by Gasteiger charge is -2.10. The van der Waals surface area contributed by atoms with Crippen molar-refractivity contribution in [2.75, 3.05) is 6.26 Å². The Kier molecular flexibility index (Phi) is 4.52. The van der Waals surface area contributed by atoms with Gasteiger partial charge in [-0.15, -0.1) is 11.3 Å². The Morgan fingerprint density at radius 2 is 1.95 bits per heavy atom. The zero-order chi connectivity index (χ0) is 14.2. The predicted molar refractivity (Wildman–Crippen MR) is 83.3 cm³/mol. The molecule has 0 aliphatic carbocycles. The highest BCUT2D eigenvalue weighted by Gasteiger charge is 2.17. The second-order valence-electron chi connectivity index (χ2n) is 4.02. The summed E-state index contributed by atoms with van der Waals surface area (Å²) >= 11 is 8.13. The van der Waals surface area contributed by atoms with Gasteiger partial charge in [-0.25, -0.2) is 8.42 Å². The lowest BCUT2D eigenvalue weighted by molar-refractivity contribution is 0.224. The third kappa shape index (κ3) is 3.46. The van der Waals surface area contributed by atoms with Crippen molar-refractivity contribution < 1.29 is 13.5 Å². The van der Waals surface area contributed by atoms with Gasteiger partial charge in [-0.2, -0.15) is 0 Å². The molecule has 7 heteroatoms. The molecule has 19 heavy (non-hydrogen) atoms. The first-order valence-electron chi connectivity index (χ1n) is 5.22. The fourth-order valence-electron chi connectivity index (χ4n) is 1.58. The maximum absolute atomic E-state index is 11.5. The van der Waals surface area contributed by atoms with E-state index in [9.17, 15) is 13.5 Å². The number of sulfone groups is 1. The van der Waals surface area contributed by atoms with Crippen LogP contribution in [0.2, 0.25) is 0 Å². The normalized spacial score (nSPS) is 13.5. The van der Waals surface area contributed by atoms with Crippen LogP contribution >= 0.6 is 43.2 Å². The van der Waals surface area contributed by atoms with Crippen LogP contribution in [0.5, 0.6) is 0 Å². The van der Waals surface area contributed by atoms with Gasteiger partial charge in [-0.1, -0.05) is 12.1 Å². The van der Waals surface area contributed by atoms with E-state index in [0.717, 1.165) is 19.4 Å². The summed E-state index contributed by atoms with van der Waals surface area (Å²) in [6.07, 6.45) is 0.311. The zero-order valence-corrected chi connectivity index (χ0v) is 14.6. The summed E-state index contributed by atoms with van der Waals surface area (Å²) in [4.78, 5) is 0.947. The molecule has 1 heterocycles. The van der Waals surface area contributed by atoms with Crippen molar-refractivity contribution >= 4 is 53.0 Å². The lowest BCUT2D eigenvalue weighted by Crippen LogP contribution is -2.01. The number of aliphatic hydroxyl groups is 1. The molecule has 0 aliphatic rings. The largest absolute Gasteiger partial charge is 0.383 e. The molecule has 0 amide bonds. The minimum atomic E-state index is -3.27. The molecule has 0 spiro atoms. The number of benzene rings is 1. The van der Waals surface area contributed by atoms with Crippen LogP contribution in [0.25, 0.3) is 0 Å². The number of hydrogen-bond acceptors (Lipinski definition) is 4. The third-order valence-corrected chi connectivity index (χ3v) is 6.95. The molecule has 0 saturated carbocycles. The molecule has 0 radical (unpaired) electrons. The summed E-state index contributed by atoms with van der Waals surface area (Å²) in [5, 5.41) is 10.3. The van der Waals surface area contributed by atoms with Gasteiger partial charge in [0.15, 0.2) is 9.84 Å². The number of aliphatic hydroxyl groups excluding tert-OH is 1. The van der Waals surface area contributed by atoms with Crippen LogP contribution in [0.15, 0.2) is 43.5 Å². The Balaban J connectivity index is 2.42. The molecule has 0 saturated heterocycles. The molecule has 2 rings (SSSR count). The standard InChI is InChI=1S/C12H10Br2O3S2/c1-19(16,17)8-4-2-3-7(5-8)11(15)10-6-9(13)12(14)18-10/h2-6,11,15H,1H3. The zero-order valence-electron chi connectivity index (χ0n) is 9.80. The van der Waals surface area contributed by atoms with Crippen molar-refractivity contribution in [1.82, 2.24) is 0 Å². The molecule has 102 valence electrons. The van der Waals surface area contributed by atoms with Crippen LogP contribution in [0, 0.1) is 0 Å². The second-order valence-corrected chi connectivity index (χ2v) is 9.29. The molecule has 1 aromatic carbocycles. The van der Waals surface area contributed by atoms with Crippen LogP contribution in [-0.4, -0.2) is 19.8 Å². The fourth-order valence-corrected chi connectivity index (χ4v) is 4.36. The van der Waals surface area contributed by atoms with Crippen molar-refractivity contribution in [2.45, 2.75) is 11.0 Å². The first kappa shape index (κ1) is 15.2. The highest BCUT2D eigenvalue weighted by Crippen LogP contribution is 2.37. The Morgan fingerprint density at radius 1 is 1.26 bits per heavy atom. The number of rotatable bonds is 3. The van der Waals surface area contributed by atoms with Crippen molar-refractivity contribution in [1.29, 1.82) is 0 Å². The average molecular weight is 426 g/mol. The highest BCUT2D eigenvalue weighted by atomic mass is 79.9. The summed E-state index contributed by atoms with van der Waals surface area (Å²) in [7, 11) is -3.27. The predicted octanol–water partition coefficient (Wildman–Crippen LogP) is 3.76. The van der Waals surface area contributed by atoms with Gasteiger partial charge in [-0.3, -0.25) is 0 Å². The Morgan fingerprint density at radius 3 is 2.47 bits per heavy atom. The summed E-state index contributed by atoms with van der Waals surface area (Å²) in [5.74, 6) is 0. The molecule has 1 N–H and O–H groups in total. The molecular formula is C12H10Br2O3S2. The van der Waals surface area contributed by atoms with Gasteiger partial charge in [0, 0.05) is 15.6 Å². The molecule has 0 aliphatic heterocycles. The van der Waals surface area contributed by atoms with Gasteiger partial charge < -0.3 is 5.11 Å². The van der Waals surface area contributed by atoms with Crippen LogP contribution in [-0.2, 0) is 9.84 Å². The average Bonchev–Trinajstić information content (AvgIpc) is 2.68. The van der Waals surface area contributed by atoms with E-state index >= 15 is 0 Å². The summed E-state index contributed by atoms with van der Waals surface area (Å²) < 4.78 is 24.8. The van der Waals surface area contributed by atoms with Gasteiger partial charge in [-0.05, 0) is 55.6 Å². The van der Waals surface area contributed by atoms with Crippen LogP contribution < -0.4 is 0 Å². The maximum Gasteiger partial charge on any atom is 0.175 e. The SMILES string of the molecule is CS(=O)(=O)c1cccc(C(O)c2cc(Br)c(Br)s2)c1. The van der Waals surface area contributed by atoms with Crippen molar-refractivity contribution in [3.8, 4) is 0 Å². The Hall–Kier alpha value is -0.210. The van der Waals surface area contributed by atoms with E-state index in [4.69, 9.17) is 0 Å². The molecule has 0 bridgehead atoms. The van der Waals surface area contributed by atoms with Crippen molar-refractivity contribution in [3.63, 3.8) is 0 Å². The smallest absolute Gasteiger partial charge is 0.175 e. The number of thiophene rings is 1. The Bertz CT molecular complexity index is 688. The van der Waals surface area contributed by atoms with E-state index < -0.39 is 15.9 Å². The van der Waals surface area contributed by atoms with E-state index in [2.05, 4.69) is 31.9 Å². The summed E-state index contributed by atoms with van der Waals surface area (Å²) in [6.45, 7) is 0. The number of hydrogen-bond donors (Lipinski definition) is 1. The van der Waals surface area contributed by atoms with E-state index in [1.54, 1.807) is 12.1 Å². The molecule has 0 fully saturated rings. The lowest BCUT2D eigenvalue weighted by atomic mass is 10.1. The van der Waals surface area contributed by atoms with Crippen LogP contribution in [0.3, 0.4) is 0 Å². The van der Waals surface area contributed by atoms with E-state index in [-0.39, 0.29) is 4.90 Å². The topological polar surface area (TPSA) is 54.4 Å². The van der Waals surface area contributed by atoms with Crippen molar-refractivity contribution in [3.05, 3.63) is 49.0 Å². The molecule has 2 aromatic rings. The molecule has 3 nitrogen and oxygen atoms in total. The van der Waals surface area contributed by atoms with Crippen molar-refractivity contribution in [2.24, 2.45) is 0 Å². The highest BCUT2D eigenvalue weighted by molar-refractivity contribution is 9.13. The first-order valence-corrected chi connectivity index (χ1v) is 9.51. The summed E-state index contributed by atoms with van der Waals surface area (Å²) in [6, 6.07) is 8.17. The second kappa shape index (κ2) is 5.65. The van der Waals surface area contributed by atoms with Crippen LogP contribution in [0.4, 0.5) is 0 Å². The molecular weight excluding hydrogens is 416 g/mol. The minimum Gasteiger partial charge on any atom is -0.383 e. The van der Waals surface area contributed by atoms with Gasteiger partial charge in [0.2, 0.25) is 0 Å². The van der Waals surface area contributed by atoms with Gasteiger partial charge in [0.1, 0.15) is 6.10 Å². The first-order chi connectivity index (χ1) is 8.79. The summed E-state index contributed by atoms with van der Waals surface area (Å²) in [5.41, 5.74) is 0.559. The fraction of sp³-hybridized carbons (Fsp3) is 0.167. The van der Waals surface area contributed by atoms with Crippen LogP contribution in [0.1, 0.15) is 16.5 Å². The van der Waals surface area contributed by atoms with Gasteiger partial charge in [0.25, 0.3) is 0 Å². The minimum absolute atomic E-state index is 0.207. The van der Waals surface area contributed by atoms with E-state index in [0.29, 0.717) is 5.56 Å². The molecule has 1 unspecified atom stereocenters. The number of halogens is 2. The van der Waals surface area contributed by atoms with E-state index in [1.807, 2.05) is 6.07 Å². The third-order valence-electron chi connectivity index (χ3n) is 2.54.